The average molecular weight is 402 g/mol. The van der Waals surface area contributed by atoms with Crippen LogP contribution in [0.4, 0.5) is 0 Å². The molecule has 142 valence electrons. The number of nitrogens with one attached hydrogen (secondary N) is 1. The lowest BCUT2D eigenvalue weighted by molar-refractivity contribution is -0.120. The molecule has 2 heterocycles. The Morgan fingerprint density at radius 1 is 1.19 bits per heavy atom. The Bertz CT molecular complexity index is 927. The summed E-state index contributed by atoms with van der Waals surface area (Å²) in [4.78, 5) is 22.3. The fourth-order valence-electron chi connectivity index (χ4n) is 2.84. The van der Waals surface area contributed by atoms with Crippen LogP contribution >= 0.6 is 23.5 Å². The van der Waals surface area contributed by atoms with Gasteiger partial charge in [0, 0.05) is 35.0 Å². The van der Waals surface area contributed by atoms with Crippen molar-refractivity contribution in [3.63, 3.8) is 0 Å². The number of hydrogen-bond donors (Lipinski definition) is 1. The fraction of sp³-hybridized carbons (Fsp3) is 0.368. The van der Waals surface area contributed by atoms with Crippen molar-refractivity contribution in [2.24, 2.45) is 0 Å². The predicted molar refractivity (Wildman–Crippen MR) is 111 cm³/mol. The summed E-state index contributed by atoms with van der Waals surface area (Å²) in [6.45, 7) is 4.63. The third kappa shape index (κ3) is 5.01. The van der Waals surface area contributed by atoms with E-state index in [1.165, 1.54) is 16.7 Å². The molecule has 1 amide bonds. The van der Waals surface area contributed by atoms with Gasteiger partial charge >= 0.3 is 0 Å². The summed E-state index contributed by atoms with van der Waals surface area (Å²) in [5, 5.41) is 8.15. The van der Waals surface area contributed by atoms with Crippen molar-refractivity contribution in [2.45, 2.75) is 36.7 Å². The maximum atomic E-state index is 12.2. The molecule has 0 spiro atoms. The van der Waals surface area contributed by atoms with Gasteiger partial charge in [-0.1, -0.05) is 30.0 Å². The Kier molecular flexibility index (Phi) is 6.73. The van der Waals surface area contributed by atoms with Crippen molar-refractivity contribution in [3.8, 4) is 0 Å². The van der Waals surface area contributed by atoms with E-state index in [0.717, 1.165) is 22.7 Å². The topological polar surface area (TPSA) is 72.2 Å². The Hall–Kier alpha value is -2.06. The van der Waals surface area contributed by atoms with E-state index in [4.69, 9.17) is 0 Å². The van der Waals surface area contributed by atoms with E-state index in [1.54, 1.807) is 16.3 Å². The number of amides is 1. The number of hydrogen-bond acceptors (Lipinski definition) is 6. The fourth-order valence-corrected chi connectivity index (χ4v) is 3.97. The van der Waals surface area contributed by atoms with Gasteiger partial charge in [-0.3, -0.25) is 4.79 Å². The average Bonchev–Trinajstić information content (AvgIpc) is 3.09. The highest BCUT2D eigenvalue weighted by Crippen LogP contribution is 2.18. The molecular formula is C19H23N5OS2. The minimum atomic E-state index is 0.0611. The molecule has 3 rings (SSSR count). The maximum absolute atomic E-state index is 12.2. The zero-order chi connectivity index (χ0) is 19.2. The second-order valence-electron chi connectivity index (χ2n) is 6.08. The van der Waals surface area contributed by atoms with Crippen LogP contribution in [-0.4, -0.2) is 44.0 Å². The molecule has 27 heavy (non-hydrogen) atoms. The number of aromatic nitrogens is 4. The first-order chi connectivity index (χ1) is 13.1. The lowest BCUT2D eigenvalue weighted by Gasteiger charge is -2.10. The van der Waals surface area contributed by atoms with Gasteiger partial charge in [-0.2, -0.15) is 4.98 Å². The number of aryl methyl sites for hydroxylation is 2. The third-order valence-corrected chi connectivity index (χ3v) is 5.80. The Balaban J connectivity index is 1.52. The summed E-state index contributed by atoms with van der Waals surface area (Å²) in [7, 11) is 0. The molecule has 1 N–H and O–H groups in total. The summed E-state index contributed by atoms with van der Waals surface area (Å²) >= 11 is 3.24. The van der Waals surface area contributed by atoms with Gasteiger partial charge in [0.1, 0.15) is 0 Å². The summed E-state index contributed by atoms with van der Waals surface area (Å²) in [6, 6.07) is 10.2. The van der Waals surface area contributed by atoms with Crippen LogP contribution in [0.25, 0.3) is 5.78 Å². The van der Waals surface area contributed by atoms with E-state index >= 15 is 0 Å². The summed E-state index contributed by atoms with van der Waals surface area (Å²) < 4.78 is 1.77. The highest BCUT2D eigenvalue weighted by atomic mass is 32.2. The van der Waals surface area contributed by atoms with E-state index < -0.39 is 0 Å². The zero-order valence-electron chi connectivity index (χ0n) is 15.7. The van der Waals surface area contributed by atoms with Crippen molar-refractivity contribution >= 4 is 35.2 Å². The molecule has 1 aromatic carbocycles. The first-order valence-corrected chi connectivity index (χ1v) is 11.0. The lowest BCUT2D eigenvalue weighted by Crippen LogP contribution is -2.26. The molecule has 0 saturated heterocycles. The van der Waals surface area contributed by atoms with Gasteiger partial charge in [-0.25, -0.2) is 9.50 Å². The number of nitrogens with zero attached hydrogens (tertiary/aromatic N) is 4. The number of benzene rings is 1. The minimum Gasteiger partial charge on any atom is -0.355 e. The lowest BCUT2D eigenvalue weighted by atomic mass is 10.1. The van der Waals surface area contributed by atoms with E-state index in [9.17, 15) is 4.79 Å². The van der Waals surface area contributed by atoms with Gasteiger partial charge in [0.25, 0.3) is 5.78 Å². The molecule has 6 nitrogen and oxygen atoms in total. The number of carbonyl (C=O) groups excluding carboxylic acids is 1. The van der Waals surface area contributed by atoms with Crippen LogP contribution in [0.5, 0.6) is 0 Å². The minimum absolute atomic E-state index is 0.0611. The van der Waals surface area contributed by atoms with Gasteiger partial charge in [0.15, 0.2) is 0 Å². The van der Waals surface area contributed by atoms with Gasteiger partial charge < -0.3 is 5.32 Å². The monoisotopic (exact) mass is 401 g/mol. The molecule has 0 unspecified atom stereocenters. The molecular weight excluding hydrogens is 378 g/mol. The second-order valence-corrected chi connectivity index (χ2v) is 8.02. The van der Waals surface area contributed by atoms with E-state index in [-0.39, 0.29) is 5.91 Å². The molecule has 3 aromatic rings. The SMILES string of the molecule is CSc1nc2nc(C)c(CCC(=O)NCCSc3ccccc3)c(C)n2n1. The summed E-state index contributed by atoms with van der Waals surface area (Å²) in [5.41, 5.74) is 2.97. The Morgan fingerprint density at radius 3 is 2.70 bits per heavy atom. The number of carbonyl (C=O) groups is 1. The van der Waals surface area contributed by atoms with Crippen LogP contribution < -0.4 is 5.32 Å². The molecule has 0 saturated carbocycles. The molecule has 0 aliphatic heterocycles. The van der Waals surface area contributed by atoms with Crippen LogP contribution in [0, 0.1) is 13.8 Å². The van der Waals surface area contributed by atoms with Crippen molar-refractivity contribution in [2.75, 3.05) is 18.6 Å². The quantitative estimate of drug-likeness (QED) is 0.461. The Morgan fingerprint density at radius 2 is 1.96 bits per heavy atom. The van der Waals surface area contributed by atoms with Crippen LogP contribution in [-0.2, 0) is 11.2 Å². The molecule has 0 aliphatic carbocycles. The van der Waals surface area contributed by atoms with Gasteiger partial charge in [0.2, 0.25) is 11.1 Å². The van der Waals surface area contributed by atoms with Crippen molar-refractivity contribution in [1.82, 2.24) is 24.9 Å². The van der Waals surface area contributed by atoms with Gasteiger partial charge in [-0.05, 0) is 44.2 Å². The first kappa shape index (κ1) is 19.7. The highest BCUT2D eigenvalue weighted by molar-refractivity contribution is 7.99. The predicted octanol–water partition coefficient (Wildman–Crippen LogP) is 3.30. The highest BCUT2D eigenvalue weighted by Gasteiger charge is 2.14. The van der Waals surface area contributed by atoms with E-state index in [0.29, 0.717) is 30.3 Å². The van der Waals surface area contributed by atoms with Gasteiger partial charge in [-0.15, -0.1) is 16.9 Å². The molecule has 0 atom stereocenters. The molecule has 2 aromatic heterocycles. The Labute approximate surface area is 167 Å². The van der Waals surface area contributed by atoms with Gasteiger partial charge in [0.05, 0.1) is 0 Å². The standard InChI is InChI=1S/C19H23N5OS2/c1-13-16(14(2)24-18(21-13)22-19(23-24)26-3)9-10-17(25)20-11-12-27-15-7-5-4-6-8-15/h4-8H,9-12H2,1-3H3,(H,20,25). The first-order valence-electron chi connectivity index (χ1n) is 8.80. The number of rotatable bonds is 8. The van der Waals surface area contributed by atoms with Crippen molar-refractivity contribution < 1.29 is 4.79 Å². The van der Waals surface area contributed by atoms with Crippen LogP contribution in [0.1, 0.15) is 23.4 Å². The largest absolute Gasteiger partial charge is 0.355 e. The molecule has 8 heteroatoms. The smallest absolute Gasteiger partial charge is 0.253 e. The van der Waals surface area contributed by atoms with Crippen LogP contribution in [0.15, 0.2) is 40.4 Å². The maximum Gasteiger partial charge on any atom is 0.253 e. The van der Waals surface area contributed by atoms with E-state index in [2.05, 4.69) is 32.5 Å². The number of fused-ring (bicyclic) bond motifs is 1. The second kappa shape index (κ2) is 9.23. The molecule has 0 radical (unpaired) electrons. The van der Waals surface area contributed by atoms with Crippen LogP contribution in [0.3, 0.4) is 0 Å². The van der Waals surface area contributed by atoms with Crippen molar-refractivity contribution in [1.29, 1.82) is 0 Å². The normalized spacial score (nSPS) is 11.1. The zero-order valence-corrected chi connectivity index (χ0v) is 17.4. The number of thioether (sulfide) groups is 2. The molecule has 0 bridgehead atoms. The molecule has 0 aliphatic rings. The van der Waals surface area contributed by atoms with E-state index in [1.807, 2.05) is 38.3 Å². The third-order valence-electron chi connectivity index (χ3n) is 4.25. The van der Waals surface area contributed by atoms with Crippen molar-refractivity contribution in [3.05, 3.63) is 47.3 Å². The summed E-state index contributed by atoms with van der Waals surface area (Å²) in [5.74, 6) is 1.53. The molecule has 0 fully saturated rings. The summed E-state index contributed by atoms with van der Waals surface area (Å²) in [6.07, 6.45) is 3.03. The van der Waals surface area contributed by atoms with Crippen LogP contribution in [0.2, 0.25) is 0 Å².